The van der Waals surface area contributed by atoms with E-state index in [2.05, 4.69) is 15.7 Å². The number of carbonyl (C=O) groups excluding carboxylic acids is 2. The summed E-state index contributed by atoms with van der Waals surface area (Å²) >= 11 is 0. The summed E-state index contributed by atoms with van der Waals surface area (Å²) in [6.07, 6.45) is 1.79. The molecule has 1 aromatic heterocycles. The predicted octanol–water partition coefficient (Wildman–Crippen LogP) is 1.94. The topological polar surface area (TPSA) is 76.0 Å². The van der Waals surface area contributed by atoms with Gasteiger partial charge in [-0.2, -0.15) is 5.10 Å². The summed E-state index contributed by atoms with van der Waals surface area (Å²) in [7, 11) is 1.77. The van der Waals surface area contributed by atoms with Crippen molar-refractivity contribution in [1.29, 1.82) is 0 Å². The molecule has 2 rings (SSSR count). The molecule has 6 nitrogen and oxygen atoms in total. The van der Waals surface area contributed by atoms with Crippen molar-refractivity contribution in [3.8, 4) is 0 Å². The Labute approximate surface area is 116 Å². The Morgan fingerprint density at radius 3 is 2.10 bits per heavy atom. The van der Waals surface area contributed by atoms with Crippen molar-refractivity contribution in [3.05, 3.63) is 41.7 Å². The molecule has 2 aromatic rings. The Kier molecular flexibility index (Phi) is 3.84. The number of benzene rings is 1. The van der Waals surface area contributed by atoms with Crippen molar-refractivity contribution in [2.75, 3.05) is 10.6 Å². The summed E-state index contributed by atoms with van der Waals surface area (Å²) in [6.45, 7) is 3.28. The van der Waals surface area contributed by atoms with Gasteiger partial charge in [0.1, 0.15) is 0 Å². The maximum absolute atomic E-state index is 12.1. The van der Waals surface area contributed by atoms with Crippen molar-refractivity contribution >= 4 is 23.2 Å². The van der Waals surface area contributed by atoms with Crippen LogP contribution in [0.1, 0.15) is 23.0 Å². The molecule has 0 aliphatic heterocycles. The zero-order chi connectivity index (χ0) is 14.7. The van der Waals surface area contributed by atoms with E-state index in [-0.39, 0.29) is 11.8 Å². The fraction of sp³-hybridized carbons (Fsp3) is 0.214. The van der Waals surface area contributed by atoms with Crippen LogP contribution < -0.4 is 10.6 Å². The quantitative estimate of drug-likeness (QED) is 0.896. The predicted molar refractivity (Wildman–Crippen MR) is 76.6 cm³/mol. The second-order valence-corrected chi connectivity index (χ2v) is 4.55. The van der Waals surface area contributed by atoms with Crippen LogP contribution in [0.3, 0.4) is 0 Å². The van der Waals surface area contributed by atoms with Gasteiger partial charge in [-0.1, -0.05) is 0 Å². The fourth-order valence-electron chi connectivity index (χ4n) is 1.86. The van der Waals surface area contributed by atoms with Gasteiger partial charge in [-0.3, -0.25) is 14.3 Å². The van der Waals surface area contributed by atoms with E-state index in [0.29, 0.717) is 17.1 Å². The molecule has 2 N–H and O–H groups in total. The fourth-order valence-corrected chi connectivity index (χ4v) is 1.86. The van der Waals surface area contributed by atoms with Crippen LogP contribution in [0.5, 0.6) is 0 Å². The Morgan fingerprint density at radius 2 is 1.65 bits per heavy atom. The third-order valence-corrected chi connectivity index (χ3v) is 2.69. The van der Waals surface area contributed by atoms with E-state index >= 15 is 0 Å². The van der Waals surface area contributed by atoms with E-state index in [0.717, 1.165) is 5.56 Å². The van der Waals surface area contributed by atoms with Gasteiger partial charge in [0.15, 0.2) is 5.69 Å². The first-order valence-electron chi connectivity index (χ1n) is 6.15. The number of rotatable bonds is 3. The van der Waals surface area contributed by atoms with Gasteiger partial charge in [-0.05, 0) is 31.2 Å². The number of aryl methyl sites for hydroxylation is 2. The largest absolute Gasteiger partial charge is 0.326 e. The zero-order valence-corrected chi connectivity index (χ0v) is 11.6. The van der Waals surface area contributed by atoms with Gasteiger partial charge >= 0.3 is 0 Å². The first-order chi connectivity index (χ1) is 9.45. The van der Waals surface area contributed by atoms with E-state index < -0.39 is 0 Å². The molecule has 0 unspecified atom stereocenters. The molecule has 1 heterocycles. The average Bonchev–Trinajstić information content (AvgIpc) is 2.70. The van der Waals surface area contributed by atoms with E-state index in [4.69, 9.17) is 0 Å². The van der Waals surface area contributed by atoms with Gasteiger partial charge in [0.05, 0.1) is 0 Å². The number of hydrogen-bond donors (Lipinski definition) is 2. The molecule has 0 fully saturated rings. The van der Waals surface area contributed by atoms with Crippen LogP contribution in [0.4, 0.5) is 11.4 Å². The highest BCUT2D eigenvalue weighted by Gasteiger charge is 2.13. The minimum atomic E-state index is -0.254. The molecule has 20 heavy (non-hydrogen) atoms. The normalized spacial score (nSPS) is 10.2. The lowest BCUT2D eigenvalue weighted by molar-refractivity contribution is -0.114. The number of carbonyl (C=O) groups is 2. The van der Waals surface area contributed by atoms with Gasteiger partial charge < -0.3 is 10.6 Å². The molecule has 1 aromatic carbocycles. The molecule has 0 saturated heterocycles. The zero-order valence-electron chi connectivity index (χ0n) is 11.6. The Morgan fingerprint density at radius 1 is 1.10 bits per heavy atom. The van der Waals surface area contributed by atoms with Crippen LogP contribution in [0, 0.1) is 6.92 Å². The lowest BCUT2D eigenvalue weighted by Crippen LogP contribution is -2.14. The first kappa shape index (κ1) is 13.8. The number of amides is 2. The Bertz CT molecular complexity index is 644. The number of nitrogens with zero attached hydrogens (tertiary/aromatic N) is 2. The summed E-state index contributed by atoms with van der Waals surface area (Å²) in [4.78, 5) is 23.0. The molecule has 0 aliphatic carbocycles. The van der Waals surface area contributed by atoms with Gasteiger partial charge in [0, 0.05) is 37.1 Å². The number of hydrogen-bond acceptors (Lipinski definition) is 3. The van der Waals surface area contributed by atoms with E-state index in [1.165, 1.54) is 6.92 Å². The van der Waals surface area contributed by atoms with E-state index in [1.54, 1.807) is 42.2 Å². The number of anilines is 2. The number of nitrogens with one attached hydrogen (secondary N) is 2. The molecule has 0 spiro atoms. The van der Waals surface area contributed by atoms with E-state index in [1.807, 2.05) is 6.92 Å². The molecule has 6 heteroatoms. The monoisotopic (exact) mass is 272 g/mol. The standard InChI is InChI=1S/C14H16N4O2/c1-9-8-18(3)17-13(9)14(20)16-12-6-4-11(5-7-12)15-10(2)19/h4-8H,1-3H3,(H,15,19)(H,16,20). The highest BCUT2D eigenvalue weighted by atomic mass is 16.2. The lowest BCUT2D eigenvalue weighted by atomic mass is 10.2. The van der Waals surface area contributed by atoms with Crippen LogP contribution in [0.15, 0.2) is 30.5 Å². The summed E-state index contributed by atoms with van der Waals surface area (Å²) in [5, 5.41) is 9.54. The molecule has 104 valence electrons. The minimum Gasteiger partial charge on any atom is -0.326 e. The van der Waals surface area contributed by atoms with Crippen LogP contribution in [0.2, 0.25) is 0 Å². The molecular weight excluding hydrogens is 256 g/mol. The lowest BCUT2D eigenvalue weighted by Gasteiger charge is -2.06. The van der Waals surface area contributed by atoms with Crippen molar-refractivity contribution in [3.63, 3.8) is 0 Å². The molecule has 0 atom stereocenters. The van der Waals surface area contributed by atoms with Crippen molar-refractivity contribution in [1.82, 2.24) is 9.78 Å². The molecule has 0 saturated carbocycles. The Balaban J connectivity index is 2.08. The van der Waals surface area contributed by atoms with Crippen LogP contribution in [-0.2, 0) is 11.8 Å². The number of aromatic nitrogens is 2. The molecule has 2 amide bonds. The molecule has 0 bridgehead atoms. The van der Waals surface area contributed by atoms with Crippen LogP contribution >= 0.6 is 0 Å². The highest BCUT2D eigenvalue weighted by Crippen LogP contribution is 2.15. The second-order valence-electron chi connectivity index (χ2n) is 4.55. The van der Waals surface area contributed by atoms with Gasteiger partial charge in [0.2, 0.25) is 5.91 Å². The van der Waals surface area contributed by atoms with E-state index in [9.17, 15) is 9.59 Å². The van der Waals surface area contributed by atoms with Gasteiger partial charge in [-0.25, -0.2) is 0 Å². The Hall–Kier alpha value is -2.63. The third kappa shape index (κ3) is 3.23. The minimum absolute atomic E-state index is 0.133. The summed E-state index contributed by atoms with van der Waals surface area (Å²) < 4.78 is 1.60. The van der Waals surface area contributed by atoms with Crippen LogP contribution in [-0.4, -0.2) is 21.6 Å². The smallest absolute Gasteiger partial charge is 0.276 e. The summed E-state index contributed by atoms with van der Waals surface area (Å²) in [5.41, 5.74) is 2.55. The van der Waals surface area contributed by atoms with Crippen molar-refractivity contribution in [2.45, 2.75) is 13.8 Å². The SMILES string of the molecule is CC(=O)Nc1ccc(NC(=O)c2nn(C)cc2C)cc1. The van der Waals surface area contributed by atoms with Crippen molar-refractivity contribution in [2.24, 2.45) is 7.05 Å². The highest BCUT2D eigenvalue weighted by molar-refractivity contribution is 6.03. The molecular formula is C14H16N4O2. The van der Waals surface area contributed by atoms with Crippen LogP contribution in [0.25, 0.3) is 0 Å². The summed E-state index contributed by atoms with van der Waals surface area (Å²) in [6, 6.07) is 6.90. The first-order valence-corrected chi connectivity index (χ1v) is 6.15. The van der Waals surface area contributed by atoms with Gasteiger partial charge in [-0.15, -0.1) is 0 Å². The average molecular weight is 272 g/mol. The summed E-state index contributed by atoms with van der Waals surface area (Å²) in [5.74, 6) is -0.388. The third-order valence-electron chi connectivity index (χ3n) is 2.69. The molecule has 0 aliphatic rings. The molecule has 0 radical (unpaired) electrons. The second kappa shape index (κ2) is 5.56. The van der Waals surface area contributed by atoms with Crippen molar-refractivity contribution < 1.29 is 9.59 Å². The maximum atomic E-state index is 12.1. The van der Waals surface area contributed by atoms with Gasteiger partial charge in [0.25, 0.3) is 5.91 Å². The maximum Gasteiger partial charge on any atom is 0.276 e.